The fourth-order valence-corrected chi connectivity index (χ4v) is 5.83. The number of thiophene rings is 1. The fourth-order valence-electron chi connectivity index (χ4n) is 4.55. The van der Waals surface area contributed by atoms with Crippen molar-refractivity contribution in [3.05, 3.63) is 16.0 Å². The largest absolute Gasteiger partial charge is 0.481 e. The molecular weight excluding hydrogens is 390 g/mol. The number of ether oxygens (including phenoxy) is 1. The van der Waals surface area contributed by atoms with Crippen molar-refractivity contribution >= 4 is 34.2 Å². The zero-order chi connectivity index (χ0) is 20.8. The molecule has 2 aliphatic rings. The van der Waals surface area contributed by atoms with E-state index in [2.05, 4.69) is 5.32 Å². The van der Waals surface area contributed by atoms with Gasteiger partial charge in [0.1, 0.15) is 5.00 Å². The third-order valence-corrected chi connectivity index (χ3v) is 7.26. The SMILES string of the molecule is CCOC(=O)c1c(NC(=O)[C@@H]2CCCC[C@H]2C(=O)O)sc2c1CCCCCCC2. The molecular formula is C22H31NO5S. The summed E-state index contributed by atoms with van der Waals surface area (Å²) >= 11 is 1.47. The zero-order valence-electron chi connectivity index (χ0n) is 17.1. The molecule has 3 rings (SSSR count). The van der Waals surface area contributed by atoms with Crippen LogP contribution in [0.4, 0.5) is 5.00 Å². The molecule has 6 nitrogen and oxygen atoms in total. The molecule has 29 heavy (non-hydrogen) atoms. The standard InChI is InChI=1S/C22H31NO5S/c1-2-28-22(27)18-16-12-6-4-3-5-7-13-17(16)29-20(18)23-19(24)14-10-8-9-11-15(14)21(25)26/h14-15H,2-13H2,1H3,(H,23,24)(H,25,26)/t14-,15-/m1/s1. The third-order valence-electron chi connectivity index (χ3n) is 6.06. The first-order valence-corrected chi connectivity index (χ1v) is 11.7. The second-order valence-electron chi connectivity index (χ2n) is 8.02. The Morgan fingerprint density at radius 1 is 1.00 bits per heavy atom. The predicted octanol–water partition coefficient (Wildman–Crippen LogP) is 4.80. The van der Waals surface area contributed by atoms with Crippen molar-refractivity contribution in [2.45, 2.75) is 77.6 Å². The highest BCUT2D eigenvalue weighted by Gasteiger charge is 2.37. The topological polar surface area (TPSA) is 92.7 Å². The minimum atomic E-state index is -0.912. The van der Waals surface area contributed by atoms with Gasteiger partial charge in [0.25, 0.3) is 0 Å². The van der Waals surface area contributed by atoms with E-state index in [4.69, 9.17) is 4.74 Å². The maximum atomic E-state index is 13.0. The molecule has 160 valence electrons. The van der Waals surface area contributed by atoms with Crippen molar-refractivity contribution < 1.29 is 24.2 Å². The van der Waals surface area contributed by atoms with E-state index in [-0.39, 0.29) is 12.5 Å². The minimum Gasteiger partial charge on any atom is -0.481 e. The van der Waals surface area contributed by atoms with E-state index >= 15 is 0 Å². The van der Waals surface area contributed by atoms with Gasteiger partial charge in [0, 0.05) is 4.88 Å². The van der Waals surface area contributed by atoms with Crippen LogP contribution in [0, 0.1) is 11.8 Å². The smallest absolute Gasteiger partial charge is 0.341 e. The van der Waals surface area contributed by atoms with Crippen molar-refractivity contribution in [3.8, 4) is 0 Å². The summed E-state index contributed by atoms with van der Waals surface area (Å²) in [6, 6.07) is 0. The molecule has 0 saturated heterocycles. The first-order valence-electron chi connectivity index (χ1n) is 10.9. The lowest BCUT2D eigenvalue weighted by Crippen LogP contribution is -2.36. The van der Waals surface area contributed by atoms with E-state index in [0.717, 1.165) is 55.4 Å². The van der Waals surface area contributed by atoms with Gasteiger partial charge in [0.15, 0.2) is 0 Å². The van der Waals surface area contributed by atoms with Gasteiger partial charge in [-0.2, -0.15) is 0 Å². The Labute approximate surface area is 176 Å². The van der Waals surface area contributed by atoms with Gasteiger partial charge < -0.3 is 15.2 Å². The van der Waals surface area contributed by atoms with Gasteiger partial charge in [-0.3, -0.25) is 9.59 Å². The van der Waals surface area contributed by atoms with Crippen LogP contribution in [0.25, 0.3) is 0 Å². The normalized spacial score (nSPS) is 22.5. The maximum Gasteiger partial charge on any atom is 0.341 e. The van der Waals surface area contributed by atoms with Gasteiger partial charge >= 0.3 is 11.9 Å². The Morgan fingerprint density at radius 3 is 2.34 bits per heavy atom. The van der Waals surface area contributed by atoms with Crippen molar-refractivity contribution in [3.63, 3.8) is 0 Å². The van der Waals surface area contributed by atoms with Crippen LogP contribution in [0.15, 0.2) is 0 Å². The summed E-state index contributed by atoms with van der Waals surface area (Å²) in [5, 5.41) is 13.0. The van der Waals surface area contributed by atoms with Gasteiger partial charge in [-0.15, -0.1) is 11.3 Å². The second-order valence-corrected chi connectivity index (χ2v) is 9.13. The Balaban J connectivity index is 1.89. The summed E-state index contributed by atoms with van der Waals surface area (Å²) in [6.45, 7) is 2.05. The van der Waals surface area contributed by atoms with E-state index < -0.39 is 23.8 Å². The summed E-state index contributed by atoms with van der Waals surface area (Å²) in [5.41, 5.74) is 1.51. The third kappa shape index (κ3) is 5.18. The number of hydrogen-bond acceptors (Lipinski definition) is 5. The minimum absolute atomic E-state index is 0.278. The number of carbonyl (C=O) groups is 3. The van der Waals surface area contributed by atoms with Crippen molar-refractivity contribution in [2.75, 3.05) is 11.9 Å². The average molecular weight is 422 g/mol. The Kier molecular flexibility index (Phi) is 7.70. The molecule has 0 radical (unpaired) electrons. The van der Waals surface area contributed by atoms with Gasteiger partial charge in [0.2, 0.25) is 5.91 Å². The Hall–Kier alpha value is -1.89. The number of nitrogens with one attached hydrogen (secondary N) is 1. The zero-order valence-corrected chi connectivity index (χ0v) is 17.9. The molecule has 2 aliphatic carbocycles. The van der Waals surface area contributed by atoms with E-state index in [1.165, 1.54) is 24.2 Å². The highest BCUT2D eigenvalue weighted by Crippen LogP contribution is 2.39. The number of fused-ring (bicyclic) bond motifs is 1. The molecule has 2 atom stereocenters. The summed E-state index contributed by atoms with van der Waals surface area (Å²) in [5.74, 6) is -2.79. The molecule has 1 heterocycles. The molecule has 0 aliphatic heterocycles. The lowest BCUT2D eigenvalue weighted by Gasteiger charge is -2.27. The molecule has 0 bridgehead atoms. The van der Waals surface area contributed by atoms with E-state index in [1.54, 1.807) is 6.92 Å². The molecule has 1 fully saturated rings. The van der Waals surface area contributed by atoms with Crippen LogP contribution in [0.3, 0.4) is 0 Å². The van der Waals surface area contributed by atoms with Gasteiger partial charge in [0.05, 0.1) is 24.0 Å². The monoisotopic (exact) mass is 421 g/mol. The van der Waals surface area contributed by atoms with Crippen LogP contribution in [0.2, 0.25) is 0 Å². The first kappa shape index (κ1) is 21.8. The number of carboxylic acid groups (broad SMARTS) is 1. The molecule has 2 N–H and O–H groups in total. The molecule has 1 aromatic heterocycles. The number of anilines is 1. The van der Waals surface area contributed by atoms with Gasteiger partial charge in [-0.05, 0) is 51.0 Å². The van der Waals surface area contributed by atoms with E-state index in [0.29, 0.717) is 23.4 Å². The summed E-state index contributed by atoms with van der Waals surface area (Å²) < 4.78 is 5.31. The molecule has 1 amide bonds. The number of aryl methyl sites for hydroxylation is 1. The fraction of sp³-hybridized carbons (Fsp3) is 0.682. The van der Waals surface area contributed by atoms with Crippen LogP contribution in [0.5, 0.6) is 0 Å². The van der Waals surface area contributed by atoms with Crippen molar-refractivity contribution in [1.82, 2.24) is 0 Å². The van der Waals surface area contributed by atoms with Gasteiger partial charge in [-0.25, -0.2) is 4.79 Å². The van der Waals surface area contributed by atoms with E-state index in [9.17, 15) is 19.5 Å². The number of esters is 1. The summed E-state index contributed by atoms with van der Waals surface area (Å²) in [4.78, 5) is 38.5. The molecule has 0 aromatic carbocycles. The van der Waals surface area contributed by atoms with E-state index in [1.807, 2.05) is 0 Å². The number of hydrogen-bond donors (Lipinski definition) is 2. The molecule has 0 spiro atoms. The number of carbonyl (C=O) groups excluding carboxylic acids is 2. The summed E-state index contributed by atoms with van der Waals surface area (Å²) in [7, 11) is 0. The number of amides is 1. The van der Waals surface area contributed by atoms with Crippen molar-refractivity contribution in [1.29, 1.82) is 0 Å². The molecule has 1 saturated carbocycles. The van der Waals surface area contributed by atoms with Crippen LogP contribution in [-0.4, -0.2) is 29.6 Å². The Morgan fingerprint density at radius 2 is 1.66 bits per heavy atom. The lowest BCUT2D eigenvalue weighted by atomic mass is 9.79. The number of rotatable bonds is 5. The highest BCUT2D eigenvalue weighted by molar-refractivity contribution is 7.17. The van der Waals surface area contributed by atoms with Crippen molar-refractivity contribution in [2.24, 2.45) is 11.8 Å². The van der Waals surface area contributed by atoms with Crippen LogP contribution in [0.1, 0.15) is 85.5 Å². The number of carboxylic acids is 1. The first-order chi connectivity index (χ1) is 14.0. The second kappa shape index (κ2) is 10.2. The highest BCUT2D eigenvalue weighted by atomic mass is 32.1. The molecule has 1 aromatic rings. The predicted molar refractivity (Wildman–Crippen MR) is 112 cm³/mol. The quantitative estimate of drug-likeness (QED) is 0.666. The number of aliphatic carboxylic acids is 1. The Bertz CT molecular complexity index is 757. The summed E-state index contributed by atoms with van der Waals surface area (Å²) in [6.07, 6.45) is 10.1. The molecule has 7 heteroatoms. The van der Waals surface area contributed by atoms with Crippen LogP contribution >= 0.6 is 11.3 Å². The molecule has 0 unspecified atom stereocenters. The van der Waals surface area contributed by atoms with Crippen LogP contribution in [-0.2, 0) is 27.2 Å². The maximum absolute atomic E-state index is 13.0. The van der Waals surface area contributed by atoms with Gasteiger partial charge in [-0.1, -0.05) is 32.1 Å². The average Bonchev–Trinajstić information content (AvgIpc) is 3.08. The van der Waals surface area contributed by atoms with Crippen LogP contribution < -0.4 is 5.32 Å². The lowest BCUT2D eigenvalue weighted by molar-refractivity contribution is -0.147.